The zero-order chi connectivity index (χ0) is 15.2. The van der Waals surface area contributed by atoms with E-state index >= 15 is 0 Å². The molecule has 0 unspecified atom stereocenters. The quantitative estimate of drug-likeness (QED) is 0.698. The van der Waals surface area contributed by atoms with Crippen molar-refractivity contribution in [1.82, 2.24) is 19.4 Å². The van der Waals surface area contributed by atoms with Gasteiger partial charge in [0.15, 0.2) is 0 Å². The third-order valence-corrected chi connectivity index (χ3v) is 5.03. The van der Waals surface area contributed by atoms with Gasteiger partial charge in [0.2, 0.25) is 10.0 Å². The van der Waals surface area contributed by atoms with Crippen LogP contribution in [-0.2, 0) is 16.6 Å². The van der Waals surface area contributed by atoms with Gasteiger partial charge in [0.1, 0.15) is 4.90 Å². The molecule has 0 bridgehead atoms. The fourth-order valence-electron chi connectivity index (χ4n) is 1.98. The Morgan fingerprint density at radius 2 is 2.10 bits per heavy atom. The minimum absolute atomic E-state index is 0.0509. The van der Waals surface area contributed by atoms with Crippen LogP contribution in [0, 0.1) is 0 Å². The van der Waals surface area contributed by atoms with Crippen molar-refractivity contribution in [2.75, 3.05) is 19.6 Å². The predicted octanol–water partition coefficient (Wildman–Crippen LogP) is 1.30. The normalized spacial score (nSPS) is 12.5. The number of hydrogen-bond acceptors (Lipinski definition) is 4. The van der Waals surface area contributed by atoms with Crippen LogP contribution >= 0.6 is 0 Å². The third-order valence-electron chi connectivity index (χ3n) is 3.00. The van der Waals surface area contributed by atoms with E-state index in [9.17, 15) is 8.42 Å². The maximum absolute atomic E-state index is 12.6. The van der Waals surface area contributed by atoms with Crippen molar-refractivity contribution in [1.29, 1.82) is 0 Å². The van der Waals surface area contributed by atoms with Crippen molar-refractivity contribution in [2.45, 2.75) is 51.6 Å². The highest BCUT2D eigenvalue weighted by Gasteiger charge is 2.27. The zero-order valence-electron chi connectivity index (χ0n) is 12.8. The molecule has 1 rings (SSSR count). The monoisotopic (exact) mass is 302 g/mol. The molecule has 1 N–H and O–H groups in total. The molecular weight excluding hydrogens is 276 g/mol. The SMILES string of the molecule is CCCN(C(C)C)S(=O)(=O)c1cnn(CCNCC)c1. The molecule has 0 amide bonds. The molecule has 1 heterocycles. The number of aromatic nitrogens is 2. The average Bonchev–Trinajstić information content (AvgIpc) is 2.85. The molecule has 0 radical (unpaired) electrons. The zero-order valence-corrected chi connectivity index (χ0v) is 13.7. The largest absolute Gasteiger partial charge is 0.315 e. The summed E-state index contributed by atoms with van der Waals surface area (Å²) in [6.45, 7) is 10.7. The van der Waals surface area contributed by atoms with Crippen molar-refractivity contribution >= 4 is 10.0 Å². The van der Waals surface area contributed by atoms with E-state index in [2.05, 4.69) is 10.4 Å². The molecule has 0 saturated heterocycles. The first-order chi connectivity index (χ1) is 9.43. The van der Waals surface area contributed by atoms with Gasteiger partial charge in [-0.25, -0.2) is 8.42 Å². The molecule has 0 aliphatic rings. The number of sulfonamides is 1. The van der Waals surface area contributed by atoms with E-state index in [1.165, 1.54) is 10.5 Å². The number of likely N-dealkylation sites (N-methyl/N-ethyl adjacent to an activating group) is 1. The van der Waals surface area contributed by atoms with Crippen LogP contribution in [0.5, 0.6) is 0 Å². The Morgan fingerprint density at radius 1 is 1.40 bits per heavy atom. The first-order valence-electron chi connectivity index (χ1n) is 7.18. The Kier molecular flexibility index (Phi) is 6.64. The van der Waals surface area contributed by atoms with Crippen LogP contribution < -0.4 is 5.32 Å². The van der Waals surface area contributed by atoms with Crippen molar-refractivity contribution in [2.24, 2.45) is 0 Å². The lowest BCUT2D eigenvalue weighted by molar-refractivity contribution is 0.354. The Morgan fingerprint density at radius 3 is 2.65 bits per heavy atom. The Hall–Kier alpha value is -0.920. The molecule has 0 aliphatic carbocycles. The van der Waals surface area contributed by atoms with Crippen LogP contribution in [0.1, 0.15) is 34.1 Å². The fourth-order valence-corrected chi connectivity index (χ4v) is 3.67. The van der Waals surface area contributed by atoms with E-state index in [4.69, 9.17) is 0 Å². The van der Waals surface area contributed by atoms with Gasteiger partial charge in [-0.05, 0) is 26.8 Å². The van der Waals surface area contributed by atoms with Crippen LogP contribution in [0.15, 0.2) is 17.3 Å². The molecule has 0 fully saturated rings. The number of rotatable bonds is 9. The van der Waals surface area contributed by atoms with Gasteiger partial charge in [-0.3, -0.25) is 4.68 Å². The van der Waals surface area contributed by atoms with Crippen LogP contribution in [0.4, 0.5) is 0 Å². The van der Waals surface area contributed by atoms with Crippen molar-refractivity contribution in [3.05, 3.63) is 12.4 Å². The first kappa shape index (κ1) is 17.1. The van der Waals surface area contributed by atoms with E-state index in [1.54, 1.807) is 10.9 Å². The van der Waals surface area contributed by atoms with Crippen molar-refractivity contribution < 1.29 is 8.42 Å². The smallest absolute Gasteiger partial charge is 0.246 e. The van der Waals surface area contributed by atoms with Crippen LogP contribution in [0.3, 0.4) is 0 Å². The van der Waals surface area contributed by atoms with Crippen molar-refractivity contribution in [3.63, 3.8) is 0 Å². The second kappa shape index (κ2) is 7.75. The summed E-state index contributed by atoms with van der Waals surface area (Å²) in [6, 6.07) is -0.0509. The summed E-state index contributed by atoms with van der Waals surface area (Å²) in [5, 5.41) is 7.31. The van der Waals surface area contributed by atoms with Crippen LogP contribution in [-0.4, -0.2) is 48.2 Å². The first-order valence-corrected chi connectivity index (χ1v) is 8.62. The van der Waals surface area contributed by atoms with Gasteiger partial charge in [0.25, 0.3) is 0 Å². The van der Waals surface area contributed by atoms with Crippen molar-refractivity contribution in [3.8, 4) is 0 Å². The molecule has 0 aliphatic heterocycles. The third kappa shape index (κ3) is 4.29. The summed E-state index contributed by atoms with van der Waals surface area (Å²) in [4.78, 5) is 0.274. The van der Waals surface area contributed by atoms with E-state index < -0.39 is 10.0 Å². The van der Waals surface area contributed by atoms with Crippen LogP contribution in [0.2, 0.25) is 0 Å². The second-order valence-electron chi connectivity index (χ2n) is 5.00. The summed E-state index contributed by atoms with van der Waals surface area (Å²) in [5.74, 6) is 0. The lowest BCUT2D eigenvalue weighted by Crippen LogP contribution is -2.37. The molecule has 1 aromatic rings. The molecule has 0 aromatic carbocycles. The highest BCUT2D eigenvalue weighted by atomic mass is 32.2. The topological polar surface area (TPSA) is 67.2 Å². The van der Waals surface area contributed by atoms with Gasteiger partial charge in [0, 0.05) is 25.3 Å². The lowest BCUT2D eigenvalue weighted by Gasteiger charge is -2.24. The van der Waals surface area contributed by atoms with E-state index in [0.717, 1.165) is 19.5 Å². The fraction of sp³-hybridized carbons (Fsp3) is 0.769. The number of hydrogen-bond donors (Lipinski definition) is 1. The molecule has 1 aromatic heterocycles. The Balaban J connectivity index is 2.86. The predicted molar refractivity (Wildman–Crippen MR) is 80.1 cm³/mol. The van der Waals surface area contributed by atoms with Gasteiger partial charge < -0.3 is 5.32 Å². The Labute approximate surface area is 122 Å². The van der Waals surface area contributed by atoms with Crippen LogP contribution in [0.25, 0.3) is 0 Å². The number of nitrogens with one attached hydrogen (secondary N) is 1. The lowest BCUT2D eigenvalue weighted by atomic mass is 10.4. The number of nitrogens with zero attached hydrogens (tertiary/aromatic N) is 3. The molecule has 116 valence electrons. The molecule has 0 spiro atoms. The highest BCUT2D eigenvalue weighted by molar-refractivity contribution is 7.89. The van der Waals surface area contributed by atoms with E-state index in [-0.39, 0.29) is 10.9 Å². The molecule has 7 heteroatoms. The van der Waals surface area contributed by atoms with Gasteiger partial charge in [-0.1, -0.05) is 13.8 Å². The summed E-state index contributed by atoms with van der Waals surface area (Å²) in [5.41, 5.74) is 0. The van der Waals surface area contributed by atoms with Gasteiger partial charge in [-0.15, -0.1) is 0 Å². The highest BCUT2D eigenvalue weighted by Crippen LogP contribution is 2.17. The molecule has 6 nitrogen and oxygen atoms in total. The maximum atomic E-state index is 12.6. The molecule has 0 atom stereocenters. The maximum Gasteiger partial charge on any atom is 0.246 e. The van der Waals surface area contributed by atoms with E-state index in [1.807, 2.05) is 27.7 Å². The average molecular weight is 302 g/mol. The molecule has 0 saturated carbocycles. The summed E-state index contributed by atoms with van der Waals surface area (Å²) in [6.07, 6.45) is 3.84. The van der Waals surface area contributed by atoms with Gasteiger partial charge in [-0.2, -0.15) is 9.40 Å². The Bertz CT molecular complexity index is 496. The van der Waals surface area contributed by atoms with Gasteiger partial charge in [0.05, 0.1) is 12.7 Å². The summed E-state index contributed by atoms with van der Waals surface area (Å²) >= 11 is 0. The summed E-state index contributed by atoms with van der Waals surface area (Å²) < 4.78 is 28.3. The van der Waals surface area contributed by atoms with E-state index in [0.29, 0.717) is 13.1 Å². The minimum Gasteiger partial charge on any atom is -0.315 e. The molecule has 20 heavy (non-hydrogen) atoms. The summed E-state index contributed by atoms with van der Waals surface area (Å²) in [7, 11) is -3.44. The van der Waals surface area contributed by atoms with Gasteiger partial charge >= 0.3 is 0 Å². The standard InChI is InChI=1S/C13H26N4O2S/c1-5-8-17(12(3)4)20(18,19)13-10-15-16(11-13)9-7-14-6-2/h10-12,14H,5-9H2,1-4H3. The second-order valence-corrected chi connectivity index (χ2v) is 6.89. The molecular formula is C13H26N4O2S. The minimum atomic E-state index is -3.44.